The molecule has 1 aliphatic heterocycles. The zero-order valence-electron chi connectivity index (χ0n) is 7.45. The summed E-state index contributed by atoms with van der Waals surface area (Å²) in [5, 5.41) is 0. The van der Waals surface area contributed by atoms with Gasteiger partial charge in [0.2, 0.25) is 0 Å². The number of carbonyl (C=O) groups is 1. The van der Waals surface area contributed by atoms with Gasteiger partial charge in [0.1, 0.15) is 0 Å². The molecule has 1 fully saturated rings. The molecule has 0 bridgehead atoms. The lowest BCUT2D eigenvalue weighted by Crippen LogP contribution is -2.45. The molecule has 0 radical (unpaired) electrons. The summed E-state index contributed by atoms with van der Waals surface area (Å²) >= 11 is 0. The number of nitrogens with two attached hydrogens (primary N) is 1. The van der Waals surface area contributed by atoms with Crippen LogP contribution in [0.4, 0.5) is 4.79 Å². The van der Waals surface area contributed by atoms with Crippen molar-refractivity contribution in [3.63, 3.8) is 0 Å². The lowest BCUT2D eigenvalue weighted by molar-refractivity contribution is 0.107. The third-order valence-corrected chi connectivity index (χ3v) is 2.21. The van der Waals surface area contributed by atoms with Gasteiger partial charge < -0.3 is 10.5 Å². The number of hydrogen-bond donors (Lipinski definition) is 1. The number of hydrogen-bond acceptors (Lipinski definition) is 3. The third kappa shape index (κ3) is 2.11. The molecule has 0 spiro atoms. The van der Waals surface area contributed by atoms with Crippen molar-refractivity contribution < 1.29 is 9.53 Å². The zero-order chi connectivity index (χ0) is 8.97. The molecule has 4 nitrogen and oxygen atoms in total. The standard InChI is InChI=1S/C8H16N2O2/c1-12-8(11)10-6-4-2-3-5-7(10)9/h7H,2-6,9H2,1H3. The van der Waals surface area contributed by atoms with Crippen LogP contribution in [-0.4, -0.2) is 30.8 Å². The summed E-state index contributed by atoms with van der Waals surface area (Å²) in [5.74, 6) is 0. The average Bonchev–Trinajstić information content (AvgIpc) is 2.28. The van der Waals surface area contributed by atoms with Crippen LogP contribution in [0.2, 0.25) is 0 Å². The highest BCUT2D eigenvalue weighted by atomic mass is 16.5. The van der Waals surface area contributed by atoms with Crippen molar-refractivity contribution in [3.8, 4) is 0 Å². The van der Waals surface area contributed by atoms with Crippen molar-refractivity contribution in [1.29, 1.82) is 0 Å². The summed E-state index contributed by atoms with van der Waals surface area (Å²) in [5.41, 5.74) is 5.78. The van der Waals surface area contributed by atoms with Gasteiger partial charge in [-0.2, -0.15) is 0 Å². The van der Waals surface area contributed by atoms with E-state index in [0.29, 0.717) is 0 Å². The van der Waals surface area contributed by atoms with Gasteiger partial charge in [0.15, 0.2) is 0 Å². The Morgan fingerprint density at radius 2 is 2.25 bits per heavy atom. The van der Waals surface area contributed by atoms with Crippen LogP contribution >= 0.6 is 0 Å². The van der Waals surface area contributed by atoms with E-state index in [1.807, 2.05) is 0 Å². The highest BCUT2D eigenvalue weighted by Crippen LogP contribution is 2.13. The summed E-state index contributed by atoms with van der Waals surface area (Å²) in [6, 6.07) is 0. The van der Waals surface area contributed by atoms with Crippen LogP contribution in [0.3, 0.4) is 0 Å². The molecule has 1 saturated heterocycles. The van der Waals surface area contributed by atoms with Crippen molar-refractivity contribution in [3.05, 3.63) is 0 Å². The first-order valence-electron chi connectivity index (χ1n) is 4.36. The molecule has 0 saturated carbocycles. The van der Waals surface area contributed by atoms with Gasteiger partial charge in [-0.25, -0.2) is 4.79 Å². The Hall–Kier alpha value is -0.770. The number of rotatable bonds is 0. The maximum Gasteiger partial charge on any atom is 0.410 e. The van der Waals surface area contributed by atoms with Crippen LogP contribution < -0.4 is 5.73 Å². The number of likely N-dealkylation sites (tertiary alicyclic amines) is 1. The molecule has 12 heavy (non-hydrogen) atoms. The molecular weight excluding hydrogens is 156 g/mol. The van der Waals surface area contributed by atoms with Crippen LogP contribution in [0, 0.1) is 0 Å². The molecule has 0 aromatic heterocycles. The normalized spacial score (nSPS) is 24.8. The Balaban J connectivity index is 2.52. The van der Waals surface area contributed by atoms with E-state index in [1.165, 1.54) is 7.11 Å². The van der Waals surface area contributed by atoms with Gasteiger partial charge >= 0.3 is 6.09 Å². The first-order valence-corrected chi connectivity index (χ1v) is 4.36. The highest BCUT2D eigenvalue weighted by Gasteiger charge is 2.22. The van der Waals surface area contributed by atoms with Gasteiger partial charge in [-0.15, -0.1) is 0 Å². The minimum absolute atomic E-state index is 0.153. The Morgan fingerprint density at radius 1 is 1.50 bits per heavy atom. The lowest BCUT2D eigenvalue weighted by atomic mass is 10.2. The highest BCUT2D eigenvalue weighted by molar-refractivity contribution is 5.67. The second-order valence-corrected chi connectivity index (χ2v) is 3.08. The number of carbonyl (C=O) groups excluding carboxylic acids is 1. The fourth-order valence-electron chi connectivity index (χ4n) is 1.48. The second kappa shape index (κ2) is 4.30. The Kier molecular flexibility index (Phi) is 3.34. The Morgan fingerprint density at radius 3 is 2.92 bits per heavy atom. The second-order valence-electron chi connectivity index (χ2n) is 3.08. The fraction of sp³-hybridized carbons (Fsp3) is 0.875. The molecule has 1 atom stereocenters. The van der Waals surface area contributed by atoms with Crippen molar-refractivity contribution in [2.75, 3.05) is 13.7 Å². The first-order chi connectivity index (χ1) is 5.75. The molecule has 1 heterocycles. The minimum atomic E-state index is -0.301. The van der Waals surface area contributed by atoms with Crippen molar-refractivity contribution >= 4 is 6.09 Å². The number of ether oxygens (including phenoxy) is 1. The summed E-state index contributed by atoms with van der Waals surface area (Å²) in [7, 11) is 1.39. The van der Waals surface area contributed by atoms with Crippen LogP contribution in [0.25, 0.3) is 0 Å². The molecule has 0 aromatic carbocycles. The lowest BCUT2D eigenvalue weighted by Gasteiger charge is -2.24. The molecule has 2 N–H and O–H groups in total. The van der Waals surface area contributed by atoms with Gasteiger partial charge in [-0.1, -0.05) is 6.42 Å². The zero-order valence-corrected chi connectivity index (χ0v) is 7.45. The molecule has 1 aliphatic rings. The molecule has 1 unspecified atom stereocenters. The quantitative estimate of drug-likeness (QED) is 0.591. The van der Waals surface area contributed by atoms with Gasteiger partial charge in [0.05, 0.1) is 13.3 Å². The summed E-state index contributed by atoms with van der Waals surface area (Å²) in [4.78, 5) is 12.8. The van der Waals surface area contributed by atoms with Crippen LogP contribution in [0.5, 0.6) is 0 Å². The van der Waals surface area contributed by atoms with Crippen LogP contribution in [-0.2, 0) is 4.74 Å². The fourth-order valence-corrected chi connectivity index (χ4v) is 1.48. The number of amides is 1. The van der Waals surface area contributed by atoms with E-state index >= 15 is 0 Å². The summed E-state index contributed by atoms with van der Waals surface area (Å²) in [6.07, 6.45) is 3.72. The van der Waals surface area contributed by atoms with E-state index in [4.69, 9.17) is 5.73 Å². The SMILES string of the molecule is COC(=O)N1CCCCCC1N. The van der Waals surface area contributed by atoms with E-state index in [2.05, 4.69) is 4.74 Å². The van der Waals surface area contributed by atoms with Gasteiger partial charge in [-0.3, -0.25) is 4.90 Å². The Bertz CT molecular complexity index is 161. The number of nitrogens with zero attached hydrogens (tertiary/aromatic N) is 1. The third-order valence-electron chi connectivity index (χ3n) is 2.21. The van der Waals surface area contributed by atoms with E-state index in [-0.39, 0.29) is 12.3 Å². The van der Waals surface area contributed by atoms with E-state index in [1.54, 1.807) is 4.90 Å². The maximum absolute atomic E-state index is 11.2. The predicted octanol–water partition coefficient (Wildman–Crippen LogP) is 0.914. The van der Waals surface area contributed by atoms with E-state index < -0.39 is 0 Å². The molecule has 1 amide bonds. The number of methoxy groups -OCH3 is 1. The van der Waals surface area contributed by atoms with E-state index in [0.717, 1.165) is 32.2 Å². The van der Waals surface area contributed by atoms with Crippen LogP contribution in [0.1, 0.15) is 25.7 Å². The molecule has 4 heteroatoms. The molecule has 0 aromatic rings. The molecule has 1 rings (SSSR count). The largest absolute Gasteiger partial charge is 0.453 e. The van der Waals surface area contributed by atoms with Gasteiger partial charge in [0.25, 0.3) is 0 Å². The van der Waals surface area contributed by atoms with Gasteiger partial charge in [0, 0.05) is 6.54 Å². The predicted molar refractivity (Wildman–Crippen MR) is 45.6 cm³/mol. The van der Waals surface area contributed by atoms with Gasteiger partial charge in [-0.05, 0) is 19.3 Å². The van der Waals surface area contributed by atoms with Crippen molar-refractivity contribution in [1.82, 2.24) is 4.90 Å². The van der Waals surface area contributed by atoms with E-state index in [9.17, 15) is 4.79 Å². The van der Waals surface area contributed by atoms with Crippen molar-refractivity contribution in [2.45, 2.75) is 31.8 Å². The molecule has 0 aliphatic carbocycles. The van der Waals surface area contributed by atoms with Crippen LogP contribution in [0.15, 0.2) is 0 Å². The molecule has 70 valence electrons. The summed E-state index contributed by atoms with van der Waals surface area (Å²) in [6.45, 7) is 0.730. The smallest absolute Gasteiger partial charge is 0.410 e. The maximum atomic E-state index is 11.2. The Labute approximate surface area is 72.7 Å². The topological polar surface area (TPSA) is 55.6 Å². The summed E-state index contributed by atoms with van der Waals surface area (Å²) < 4.78 is 4.62. The minimum Gasteiger partial charge on any atom is -0.453 e. The average molecular weight is 172 g/mol. The van der Waals surface area contributed by atoms with Crippen molar-refractivity contribution in [2.24, 2.45) is 5.73 Å². The molecular formula is C8H16N2O2. The first kappa shape index (κ1) is 9.32. The monoisotopic (exact) mass is 172 g/mol.